The number of nitrogens with zero attached hydrogens (tertiary/aromatic N) is 3. The summed E-state index contributed by atoms with van der Waals surface area (Å²) in [6.45, 7) is 1.97. The molecule has 6 heteroatoms. The molecule has 2 aromatic heterocycles. The van der Waals surface area contributed by atoms with E-state index in [1.165, 1.54) is 0 Å². The molecule has 24 heavy (non-hydrogen) atoms. The standard InChI is InChI=1S/C18H12ClN3O2/c1-11-8-16-17(9-15(11)18-7-6-14(10-23)24-18)21-22(20-16)13-4-2-12(19)3-5-13/h2-10H,1H3. The molecule has 0 aliphatic carbocycles. The lowest BCUT2D eigenvalue weighted by Gasteiger charge is -2.01. The first-order valence-electron chi connectivity index (χ1n) is 7.33. The topological polar surface area (TPSA) is 60.9 Å². The second-order valence-corrected chi connectivity index (χ2v) is 5.88. The van der Waals surface area contributed by atoms with Crippen LogP contribution in [0, 0.1) is 6.92 Å². The zero-order valence-corrected chi connectivity index (χ0v) is 13.5. The SMILES string of the molecule is Cc1cc2nn(-c3ccc(Cl)cc3)nc2cc1-c1ccc(C=O)o1. The summed E-state index contributed by atoms with van der Waals surface area (Å²) < 4.78 is 5.52. The summed E-state index contributed by atoms with van der Waals surface area (Å²) in [6.07, 6.45) is 0.689. The van der Waals surface area contributed by atoms with Gasteiger partial charge in [0.05, 0.1) is 5.69 Å². The molecule has 4 rings (SSSR count). The van der Waals surface area contributed by atoms with Gasteiger partial charge in [-0.15, -0.1) is 10.2 Å². The molecule has 2 heterocycles. The van der Waals surface area contributed by atoms with Gasteiger partial charge in [0, 0.05) is 10.6 Å². The van der Waals surface area contributed by atoms with Crippen LogP contribution in [-0.2, 0) is 0 Å². The number of furan rings is 1. The van der Waals surface area contributed by atoms with Crippen molar-refractivity contribution in [1.29, 1.82) is 0 Å². The van der Waals surface area contributed by atoms with Gasteiger partial charge in [-0.25, -0.2) is 0 Å². The molecule has 0 radical (unpaired) electrons. The van der Waals surface area contributed by atoms with Crippen LogP contribution in [-0.4, -0.2) is 21.3 Å². The molecule has 0 fully saturated rings. The summed E-state index contributed by atoms with van der Waals surface area (Å²) in [7, 11) is 0. The molecule has 0 saturated carbocycles. The lowest BCUT2D eigenvalue weighted by molar-refractivity contribution is 0.110. The van der Waals surface area contributed by atoms with Crippen molar-refractivity contribution in [3.8, 4) is 17.0 Å². The number of rotatable bonds is 3. The maximum atomic E-state index is 10.8. The highest BCUT2D eigenvalue weighted by molar-refractivity contribution is 6.30. The van der Waals surface area contributed by atoms with Gasteiger partial charge in [-0.3, -0.25) is 4.79 Å². The molecular weight excluding hydrogens is 326 g/mol. The minimum Gasteiger partial charge on any atom is -0.453 e. The van der Waals surface area contributed by atoms with E-state index in [-0.39, 0.29) is 0 Å². The van der Waals surface area contributed by atoms with Gasteiger partial charge in [0.15, 0.2) is 12.0 Å². The van der Waals surface area contributed by atoms with Crippen LogP contribution in [0.4, 0.5) is 0 Å². The van der Waals surface area contributed by atoms with Crippen LogP contribution in [0.1, 0.15) is 16.1 Å². The third-order valence-corrected chi connectivity index (χ3v) is 4.04. The summed E-state index contributed by atoms with van der Waals surface area (Å²) >= 11 is 5.92. The Labute approximate surface area is 142 Å². The number of benzene rings is 2. The quantitative estimate of drug-likeness (QED) is 0.518. The number of aldehydes is 1. The maximum absolute atomic E-state index is 10.8. The lowest BCUT2D eigenvalue weighted by Crippen LogP contribution is -1.97. The third-order valence-electron chi connectivity index (χ3n) is 3.79. The fourth-order valence-electron chi connectivity index (χ4n) is 2.58. The molecule has 0 amide bonds. The van der Waals surface area contributed by atoms with Crippen molar-refractivity contribution in [2.24, 2.45) is 0 Å². The second kappa shape index (κ2) is 5.62. The zero-order valence-electron chi connectivity index (χ0n) is 12.7. The Morgan fingerprint density at radius 2 is 1.75 bits per heavy atom. The van der Waals surface area contributed by atoms with Crippen molar-refractivity contribution in [1.82, 2.24) is 15.0 Å². The van der Waals surface area contributed by atoms with Crippen LogP contribution in [0.3, 0.4) is 0 Å². The van der Waals surface area contributed by atoms with E-state index >= 15 is 0 Å². The van der Waals surface area contributed by atoms with Crippen molar-refractivity contribution in [2.45, 2.75) is 6.92 Å². The van der Waals surface area contributed by atoms with Crippen molar-refractivity contribution in [3.63, 3.8) is 0 Å². The van der Waals surface area contributed by atoms with E-state index in [1.807, 2.05) is 31.2 Å². The van der Waals surface area contributed by atoms with Gasteiger partial charge >= 0.3 is 0 Å². The summed E-state index contributed by atoms with van der Waals surface area (Å²) in [5.74, 6) is 0.937. The smallest absolute Gasteiger partial charge is 0.185 e. The van der Waals surface area contributed by atoms with Gasteiger partial charge < -0.3 is 4.42 Å². The van der Waals surface area contributed by atoms with Gasteiger partial charge in [-0.1, -0.05) is 11.6 Å². The minimum absolute atomic E-state index is 0.300. The van der Waals surface area contributed by atoms with E-state index in [4.69, 9.17) is 16.0 Å². The van der Waals surface area contributed by atoms with E-state index < -0.39 is 0 Å². The summed E-state index contributed by atoms with van der Waals surface area (Å²) in [6, 6.07) is 14.6. The number of aryl methyl sites for hydroxylation is 1. The lowest BCUT2D eigenvalue weighted by atomic mass is 10.1. The van der Waals surface area contributed by atoms with E-state index in [0.717, 1.165) is 27.8 Å². The molecular formula is C18H12ClN3O2. The van der Waals surface area contributed by atoms with Crippen LogP contribution in [0.2, 0.25) is 5.02 Å². The Morgan fingerprint density at radius 1 is 1.04 bits per heavy atom. The molecule has 0 unspecified atom stereocenters. The fourth-order valence-corrected chi connectivity index (χ4v) is 2.71. The Morgan fingerprint density at radius 3 is 2.42 bits per heavy atom. The number of carbonyl (C=O) groups excluding carboxylic acids is 1. The van der Waals surface area contributed by atoms with E-state index in [2.05, 4.69) is 10.2 Å². The number of aromatic nitrogens is 3. The fraction of sp³-hybridized carbons (Fsp3) is 0.0556. The van der Waals surface area contributed by atoms with Gasteiger partial charge in [-0.2, -0.15) is 4.80 Å². The molecule has 0 spiro atoms. The van der Waals surface area contributed by atoms with E-state index in [1.54, 1.807) is 29.1 Å². The highest BCUT2D eigenvalue weighted by atomic mass is 35.5. The Kier molecular flexibility index (Phi) is 3.43. The van der Waals surface area contributed by atoms with Gasteiger partial charge in [-0.05, 0) is 61.0 Å². The molecule has 0 aliphatic rings. The summed E-state index contributed by atoms with van der Waals surface area (Å²) in [4.78, 5) is 12.4. The van der Waals surface area contributed by atoms with Crippen molar-refractivity contribution in [3.05, 3.63) is 64.9 Å². The van der Waals surface area contributed by atoms with Crippen molar-refractivity contribution < 1.29 is 9.21 Å². The summed E-state index contributed by atoms with van der Waals surface area (Å²) in [5.41, 5.74) is 4.25. The highest BCUT2D eigenvalue weighted by Gasteiger charge is 2.12. The predicted molar refractivity (Wildman–Crippen MR) is 91.7 cm³/mol. The average molecular weight is 338 g/mol. The molecule has 0 N–H and O–H groups in total. The molecule has 0 saturated heterocycles. The van der Waals surface area contributed by atoms with E-state index in [0.29, 0.717) is 22.8 Å². The maximum Gasteiger partial charge on any atom is 0.185 e. The Hall–Kier alpha value is -2.92. The van der Waals surface area contributed by atoms with Crippen LogP contribution in [0.5, 0.6) is 0 Å². The van der Waals surface area contributed by atoms with Crippen molar-refractivity contribution in [2.75, 3.05) is 0 Å². The average Bonchev–Trinajstić information content (AvgIpc) is 3.20. The summed E-state index contributed by atoms with van der Waals surface area (Å²) in [5, 5.41) is 9.69. The number of hydrogen-bond acceptors (Lipinski definition) is 4. The molecule has 2 aromatic carbocycles. The van der Waals surface area contributed by atoms with Crippen LogP contribution in [0.25, 0.3) is 28.0 Å². The third kappa shape index (κ3) is 2.49. The number of halogens is 1. The largest absolute Gasteiger partial charge is 0.453 e. The monoisotopic (exact) mass is 337 g/mol. The minimum atomic E-state index is 0.300. The highest BCUT2D eigenvalue weighted by Crippen LogP contribution is 2.28. The molecule has 5 nitrogen and oxygen atoms in total. The van der Waals surface area contributed by atoms with Crippen LogP contribution < -0.4 is 0 Å². The predicted octanol–water partition coefficient (Wildman–Crippen LogP) is 4.45. The van der Waals surface area contributed by atoms with Gasteiger partial charge in [0.2, 0.25) is 0 Å². The van der Waals surface area contributed by atoms with Gasteiger partial charge in [0.25, 0.3) is 0 Å². The Bertz CT molecular complexity index is 1050. The van der Waals surface area contributed by atoms with Crippen molar-refractivity contribution >= 4 is 28.9 Å². The first-order valence-corrected chi connectivity index (χ1v) is 7.71. The molecule has 0 bridgehead atoms. The molecule has 0 atom stereocenters. The van der Waals surface area contributed by atoms with E-state index in [9.17, 15) is 4.79 Å². The Balaban J connectivity index is 1.82. The van der Waals surface area contributed by atoms with Crippen LogP contribution >= 0.6 is 11.6 Å². The first kappa shape index (κ1) is 14.7. The van der Waals surface area contributed by atoms with Gasteiger partial charge in [0.1, 0.15) is 16.8 Å². The second-order valence-electron chi connectivity index (χ2n) is 5.44. The molecule has 118 valence electrons. The molecule has 0 aliphatic heterocycles. The molecule has 4 aromatic rings. The number of fused-ring (bicyclic) bond motifs is 1. The van der Waals surface area contributed by atoms with Crippen LogP contribution in [0.15, 0.2) is 52.9 Å². The number of hydrogen-bond donors (Lipinski definition) is 0. The zero-order chi connectivity index (χ0) is 16.7. The first-order chi connectivity index (χ1) is 11.6. The normalized spacial score (nSPS) is 11.1. The number of carbonyl (C=O) groups is 1.